The second kappa shape index (κ2) is 6.34. The molecule has 2 nitrogen and oxygen atoms in total. The summed E-state index contributed by atoms with van der Waals surface area (Å²) in [5, 5.41) is -0.707. The van der Waals surface area contributed by atoms with Crippen molar-refractivity contribution in [3.8, 4) is 0 Å². The summed E-state index contributed by atoms with van der Waals surface area (Å²) in [4.78, 5) is 15.2. The van der Waals surface area contributed by atoms with Gasteiger partial charge in [-0.25, -0.2) is 0 Å². The molecular formula is C22H24ClNO. The molecule has 0 saturated carbocycles. The molecule has 25 heavy (non-hydrogen) atoms. The molecule has 2 aromatic carbocycles. The Morgan fingerprint density at radius 2 is 1.64 bits per heavy atom. The zero-order valence-corrected chi connectivity index (χ0v) is 16.2. The summed E-state index contributed by atoms with van der Waals surface area (Å²) < 4.78 is 0. The predicted octanol–water partition coefficient (Wildman–Crippen LogP) is 5.81. The molecule has 0 unspecified atom stereocenters. The number of benzene rings is 2. The molecule has 1 heterocycles. The van der Waals surface area contributed by atoms with Crippen molar-refractivity contribution >= 4 is 28.8 Å². The Morgan fingerprint density at radius 3 is 2.28 bits per heavy atom. The number of anilines is 1. The van der Waals surface area contributed by atoms with Crippen LogP contribution in [-0.2, 0) is 4.79 Å². The molecule has 0 bridgehead atoms. The lowest BCUT2D eigenvalue weighted by Gasteiger charge is -2.42. The molecule has 0 N–H and O–H groups in total. The number of fused-ring (bicyclic) bond motifs is 1. The molecule has 1 amide bonds. The van der Waals surface area contributed by atoms with Gasteiger partial charge in [-0.3, -0.25) is 4.79 Å². The van der Waals surface area contributed by atoms with E-state index in [1.807, 2.05) is 35.2 Å². The highest BCUT2D eigenvalue weighted by atomic mass is 35.5. The molecule has 0 aliphatic carbocycles. The molecule has 130 valence electrons. The summed E-state index contributed by atoms with van der Waals surface area (Å²) >= 11 is 6.58. The Hall–Kier alpha value is -2.06. The molecule has 0 radical (unpaired) electrons. The number of alkyl halides is 1. The van der Waals surface area contributed by atoms with Crippen molar-refractivity contribution in [1.82, 2.24) is 0 Å². The van der Waals surface area contributed by atoms with Gasteiger partial charge >= 0.3 is 0 Å². The maximum absolute atomic E-state index is 13.3. The Bertz CT molecular complexity index is 852. The molecule has 0 aromatic heterocycles. The SMILES string of the molecule is CC1=CC(C)(C)N(C(=O)[C@H](Cl)c2ccccc2)c2cc(C)c(C)cc21. The number of nitrogens with zero attached hydrogens (tertiary/aromatic N) is 1. The van der Waals surface area contributed by atoms with E-state index < -0.39 is 10.9 Å². The van der Waals surface area contributed by atoms with Crippen LogP contribution in [0.1, 0.15) is 48.4 Å². The molecule has 1 atom stereocenters. The largest absolute Gasteiger partial charge is 0.301 e. The number of carbonyl (C=O) groups is 1. The Labute approximate surface area is 155 Å². The minimum absolute atomic E-state index is 0.0916. The van der Waals surface area contributed by atoms with Crippen molar-refractivity contribution in [1.29, 1.82) is 0 Å². The summed E-state index contributed by atoms with van der Waals surface area (Å²) in [6.45, 7) is 10.4. The van der Waals surface area contributed by atoms with Gasteiger partial charge < -0.3 is 4.90 Å². The highest BCUT2D eigenvalue weighted by Crippen LogP contribution is 2.42. The first kappa shape index (κ1) is 17.8. The van der Waals surface area contributed by atoms with E-state index in [0.29, 0.717) is 0 Å². The highest BCUT2D eigenvalue weighted by Gasteiger charge is 2.38. The van der Waals surface area contributed by atoms with Crippen molar-refractivity contribution in [2.24, 2.45) is 0 Å². The van der Waals surface area contributed by atoms with Crippen LogP contribution in [0.4, 0.5) is 5.69 Å². The third-order valence-electron chi connectivity index (χ3n) is 4.95. The maximum atomic E-state index is 13.3. The second-order valence-corrected chi connectivity index (χ2v) is 7.82. The van der Waals surface area contributed by atoms with E-state index in [-0.39, 0.29) is 5.91 Å². The fourth-order valence-electron chi connectivity index (χ4n) is 3.57. The third-order valence-corrected chi connectivity index (χ3v) is 5.39. The molecular weight excluding hydrogens is 330 g/mol. The highest BCUT2D eigenvalue weighted by molar-refractivity contribution is 6.33. The zero-order valence-electron chi connectivity index (χ0n) is 15.4. The molecule has 0 fully saturated rings. The molecule has 3 rings (SSSR count). The number of allylic oxidation sites excluding steroid dienone is 1. The topological polar surface area (TPSA) is 20.3 Å². The quantitative estimate of drug-likeness (QED) is 0.623. The van der Waals surface area contributed by atoms with Gasteiger partial charge in [0, 0.05) is 5.56 Å². The summed E-state index contributed by atoms with van der Waals surface area (Å²) in [5.41, 5.74) is 6.03. The van der Waals surface area contributed by atoms with Crippen molar-refractivity contribution in [2.75, 3.05) is 4.90 Å². The average molecular weight is 354 g/mol. The summed E-state index contributed by atoms with van der Waals surface area (Å²) in [5.74, 6) is -0.0916. The van der Waals surface area contributed by atoms with E-state index in [0.717, 1.165) is 16.8 Å². The fraction of sp³-hybridized carbons (Fsp3) is 0.318. The van der Waals surface area contributed by atoms with Crippen LogP contribution in [0, 0.1) is 13.8 Å². The summed E-state index contributed by atoms with van der Waals surface area (Å²) in [7, 11) is 0. The van der Waals surface area contributed by atoms with Gasteiger partial charge in [-0.05, 0) is 69.0 Å². The van der Waals surface area contributed by atoms with Crippen LogP contribution < -0.4 is 4.90 Å². The van der Waals surface area contributed by atoms with Gasteiger partial charge in [0.2, 0.25) is 5.91 Å². The summed E-state index contributed by atoms with van der Waals surface area (Å²) in [6.07, 6.45) is 2.15. The molecule has 3 heteroatoms. The standard InChI is InChI=1S/C22H24ClNO/c1-14-11-18-16(3)13-22(4,5)24(19(18)12-15(14)2)21(25)20(23)17-9-7-6-8-10-17/h6-13,20H,1-5H3/t20-/m1/s1. The minimum atomic E-state index is -0.707. The van der Waals surface area contributed by atoms with E-state index in [2.05, 4.69) is 52.8 Å². The monoisotopic (exact) mass is 353 g/mol. The van der Waals surface area contributed by atoms with Crippen LogP contribution in [0.3, 0.4) is 0 Å². The zero-order chi connectivity index (χ0) is 18.4. The van der Waals surface area contributed by atoms with Gasteiger partial charge in [-0.15, -0.1) is 11.6 Å². The Balaban J connectivity index is 2.12. The smallest absolute Gasteiger partial charge is 0.250 e. The Morgan fingerprint density at radius 1 is 1.04 bits per heavy atom. The van der Waals surface area contributed by atoms with E-state index in [9.17, 15) is 4.79 Å². The summed E-state index contributed by atoms with van der Waals surface area (Å²) in [6, 6.07) is 13.8. The first-order chi connectivity index (χ1) is 11.7. The average Bonchev–Trinajstić information content (AvgIpc) is 2.56. The lowest BCUT2D eigenvalue weighted by atomic mass is 9.86. The van der Waals surface area contributed by atoms with Crippen molar-refractivity contribution < 1.29 is 4.79 Å². The minimum Gasteiger partial charge on any atom is -0.301 e. The molecule has 0 spiro atoms. The van der Waals surface area contributed by atoms with Crippen LogP contribution in [0.2, 0.25) is 0 Å². The first-order valence-corrected chi connectivity index (χ1v) is 9.00. The van der Waals surface area contributed by atoms with E-state index in [1.54, 1.807) is 0 Å². The lowest BCUT2D eigenvalue weighted by molar-refractivity contribution is -0.119. The molecule has 1 aliphatic rings. The fourth-order valence-corrected chi connectivity index (χ4v) is 3.81. The van der Waals surface area contributed by atoms with Crippen molar-refractivity contribution in [2.45, 2.75) is 45.5 Å². The number of rotatable bonds is 2. The molecule has 1 aliphatic heterocycles. The normalized spacial score (nSPS) is 16.9. The van der Waals surface area contributed by atoms with Crippen LogP contribution in [-0.4, -0.2) is 11.4 Å². The maximum Gasteiger partial charge on any atom is 0.250 e. The van der Waals surface area contributed by atoms with Crippen molar-refractivity contribution in [3.63, 3.8) is 0 Å². The van der Waals surface area contributed by atoms with Gasteiger partial charge in [0.1, 0.15) is 5.38 Å². The van der Waals surface area contributed by atoms with E-state index in [1.165, 1.54) is 16.7 Å². The second-order valence-electron chi connectivity index (χ2n) is 7.38. The van der Waals surface area contributed by atoms with E-state index in [4.69, 9.17) is 11.6 Å². The Kier molecular flexibility index (Phi) is 4.51. The lowest BCUT2D eigenvalue weighted by Crippen LogP contribution is -2.50. The third kappa shape index (κ3) is 3.11. The van der Waals surface area contributed by atoms with E-state index >= 15 is 0 Å². The molecule has 0 saturated heterocycles. The predicted molar refractivity (Wildman–Crippen MR) is 106 cm³/mol. The number of hydrogen-bond acceptors (Lipinski definition) is 1. The van der Waals surface area contributed by atoms with Crippen molar-refractivity contribution in [3.05, 3.63) is 70.8 Å². The number of carbonyl (C=O) groups excluding carboxylic acids is 1. The number of aryl methyl sites for hydroxylation is 2. The number of amides is 1. The van der Waals surface area contributed by atoms with Gasteiger partial charge in [0.05, 0.1) is 11.2 Å². The first-order valence-electron chi connectivity index (χ1n) is 8.56. The number of halogens is 1. The van der Waals surface area contributed by atoms with Gasteiger partial charge in [0.25, 0.3) is 0 Å². The van der Waals surface area contributed by atoms with Crippen LogP contribution in [0.25, 0.3) is 5.57 Å². The van der Waals surface area contributed by atoms with Crippen LogP contribution in [0.15, 0.2) is 48.5 Å². The number of hydrogen-bond donors (Lipinski definition) is 0. The van der Waals surface area contributed by atoms with Crippen LogP contribution in [0.5, 0.6) is 0 Å². The van der Waals surface area contributed by atoms with Gasteiger partial charge in [-0.1, -0.05) is 36.4 Å². The molecule has 2 aromatic rings. The van der Waals surface area contributed by atoms with Gasteiger partial charge in [0.15, 0.2) is 0 Å². The van der Waals surface area contributed by atoms with Crippen LogP contribution >= 0.6 is 11.6 Å². The van der Waals surface area contributed by atoms with Gasteiger partial charge in [-0.2, -0.15) is 0 Å².